The van der Waals surface area contributed by atoms with Gasteiger partial charge in [0.2, 0.25) is 0 Å². The highest BCUT2D eigenvalue weighted by Gasteiger charge is 2.22. The number of likely N-dealkylation sites (tertiary alicyclic amines) is 1. The van der Waals surface area contributed by atoms with E-state index in [1.54, 1.807) is 12.0 Å². The average molecular weight is 315 g/mol. The van der Waals surface area contributed by atoms with Gasteiger partial charge in [-0.25, -0.2) is 0 Å². The van der Waals surface area contributed by atoms with E-state index >= 15 is 0 Å². The van der Waals surface area contributed by atoms with Crippen molar-refractivity contribution < 1.29 is 14.7 Å². The maximum Gasteiger partial charge on any atom is 0.172 e. The fourth-order valence-corrected chi connectivity index (χ4v) is 3.15. The summed E-state index contributed by atoms with van der Waals surface area (Å²) < 4.78 is 5.90. The third-order valence-corrected chi connectivity index (χ3v) is 4.43. The maximum absolute atomic E-state index is 9.80. The molecule has 1 saturated heterocycles. The first-order chi connectivity index (χ1) is 8.61. The Bertz CT molecular complexity index is 423. The standard InChI is InChI=1S/C14H20BrNO2/c1-10-5-3-4-6-16(10)9-11-7-12(15)14(17)13(8-11)18-2/h7-8,10,17H,3-6,9H2,1-2H3/p+1/t10-/m1/s1. The van der Waals surface area contributed by atoms with Gasteiger partial charge in [-0.15, -0.1) is 0 Å². The molecule has 3 nitrogen and oxygen atoms in total. The molecule has 2 N–H and O–H groups in total. The Balaban J connectivity index is 2.15. The lowest BCUT2D eigenvalue weighted by atomic mass is 10.0. The molecule has 0 aliphatic carbocycles. The summed E-state index contributed by atoms with van der Waals surface area (Å²) in [5, 5.41) is 9.80. The topological polar surface area (TPSA) is 33.9 Å². The summed E-state index contributed by atoms with van der Waals surface area (Å²) in [6.07, 6.45) is 3.98. The number of aromatic hydroxyl groups is 1. The van der Waals surface area contributed by atoms with E-state index in [9.17, 15) is 5.11 Å². The van der Waals surface area contributed by atoms with Gasteiger partial charge in [-0.05, 0) is 54.2 Å². The van der Waals surface area contributed by atoms with E-state index in [-0.39, 0.29) is 5.75 Å². The van der Waals surface area contributed by atoms with Crippen LogP contribution < -0.4 is 9.64 Å². The van der Waals surface area contributed by atoms with E-state index < -0.39 is 0 Å². The molecule has 1 aliphatic rings. The lowest BCUT2D eigenvalue weighted by molar-refractivity contribution is -0.941. The van der Waals surface area contributed by atoms with Crippen LogP contribution in [0.4, 0.5) is 0 Å². The molecule has 18 heavy (non-hydrogen) atoms. The number of nitrogens with one attached hydrogen (secondary N) is 1. The van der Waals surface area contributed by atoms with Crippen molar-refractivity contribution >= 4 is 15.9 Å². The molecule has 0 radical (unpaired) electrons. The Kier molecular flexibility index (Phi) is 4.51. The normalized spacial score (nSPS) is 23.9. The Morgan fingerprint density at radius 3 is 2.89 bits per heavy atom. The molecule has 4 heteroatoms. The van der Waals surface area contributed by atoms with E-state index in [0.717, 1.165) is 12.6 Å². The molecule has 1 aromatic carbocycles. The van der Waals surface area contributed by atoms with Gasteiger partial charge in [-0.3, -0.25) is 0 Å². The number of phenolic OH excluding ortho intramolecular Hbond substituents is 1. The van der Waals surface area contributed by atoms with Crippen LogP contribution in [0.5, 0.6) is 11.5 Å². The molecule has 1 unspecified atom stereocenters. The van der Waals surface area contributed by atoms with Crippen molar-refractivity contribution in [3.8, 4) is 11.5 Å². The van der Waals surface area contributed by atoms with Crippen LogP contribution in [0.15, 0.2) is 16.6 Å². The second-order valence-corrected chi connectivity index (χ2v) is 5.96. The van der Waals surface area contributed by atoms with Crippen molar-refractivity contribution in [2.24, 2.45) is 0 Å². The number of benzene rings is 1. The van der Waals surface area contributed by atoms with E-state index in [1.165, 1.54) is 31.4 Å². The van der Waals surface area contributed by atoms with Crippen LogP contribution in [-0.4, -0.2) is 24.8 Å². The molecule has 0 spiro atoms. The van der Waals surface area contributed by atoms with Crippen LogP contribution in [0.1, 0.15) is 31.7 Å². The van der Waals surface area contributed by atoms with Crippen LogP contribution in [0.2, 0.25) is 0 Å². The zero-order chi connectivity index (χ0) is 13.1. The number of phenols is 1. The molecule has 0 saturated carbocycles. The van der Waals surface area contributed by atoms with Crippen molar-refractivity contribution in [2.45, 2.75) is 38.8 Å². The predicted octanol–water partition coefficient (Wildman–Crippen LogP) is 2.12. The van der Waals surface area contributed by atoms with E-state index in [1.807, 2.05) is 12.1 Å². The van der Waals surface area contributed by atoms with Gasteiger partial charge in [-0.1, -0.05) is 0 Å². The third-order valence-electron chi connectivity index (χ3n) is 3.82. The van der Waals surface area contributed by atoms with E-state index in [4.69, 9.17) is 4.74 Å². The highest BCUT2D eigenvalue weighted by Crippen LogP contribution is 2.34. The fourth-order valence-electron chi connectivity index (χ4n) is 2.66. The lowest BCUT2D eigenvalue weighted by Gasteiger charge is -2.30. The first-order valence-corrected chi connectivity index (χ1v) is 7.31. The van der Waals surface area contributed by atoms with Crippen molar-refractivity contribution in [3.05, 3.63) is 22.2 Å². The summed E-state index contributed by atoms with van der Waals surface area (Å²) in [4.78, 5) is 1.63. The highest BCUT2D eigenvalue weighted by molar-refractivity contribution is 9.10. The summed E-state index contributed by atoms with van der Waals surface area (Å²) in [5.74, 6) is 0.728. The molecule has 1 heterocycles. The molecular formula is C14H21BrNO2+. The number of halogens is 1. The molecule has 2 rings (SSSR count). The quantitative estimate of drug-likeness (QED) is 0.896. The lowest BCUT2D eigenvalue weighted by Crippen LogP contribution is -3.14. The van der Waals surface area contributed by atoms with Gasteiger partial charge < -0.3 is 14.7 Å². The summed E-state index contributed by atoms with van der Waals surface area (Å²) in [7, 11) is 1.58. The van der Waals surface area contributed by atoms with Crippen molar-refractivity contribution in [1.29, 1.82) is 0 Å². The van der Waals surface area contributed by atoms with E-state index in [0.29, 0.717) is 10.2 Å². The van der Waals surface area contributed by atoms with Crippen LogP contribution in [-0.2, 0) is 6.54 Å². The van der Waals surface area contributed by atoms with Crippen LogP contribution in [0.25, 0.3) is 0 Å². The number of rotatable bonds is 3. The summed E-state index contributed by atoms with van der Waals surface area (Å²) >= 11 is 3.38. The minimum absolute atomic E-state index is 0.183. The number of hydrogen-bond donors (Lipinski definition) is 2. The molecule has 0 amide bonds. The Morgan fingerprint density at radius 2 is 2.22 bits per heavy atom. The SMILES string of the molecule is COc1cc(C[NH+]2CCCC[C@H]2C)cc(Br)c1O. The molecule has 0 bridgehead atoms. The zero-order valence-corrected chi connectivity index (χ0v) is 12.6. The number of ether oxygens (including phenoxy) is 1. The molecule has 2 atom stereocenters. The molecule has 0 aromatic heterocycles. The van der Waals surface area contributed by atoms with E-state index in [2.05, 4.69) is 22.9 Å². The number of quaternary nitrogens is 1. The smallest absolute Gasteiger partial charge is 0.172 e. The van der Waals surface area contributed by atoms with Gasteiger partial charge in [0, 0.05) is 5.56 Å². The Hall–Kier alpha value is -0.740. The molecule has 1 fully saturated rings. The van der Waals surface area contributed by atoms with Gasteiger partial charge in [0.05, 0.1) is 24.2 Å². The third kappa shape index (κ3) is 2.98. The first-order valence-electron chi connectivity index (χ1n) is 6.51. The maximum atomic E-state index is 9.80. The Labute approximate surface area is 117 Å². The van der Waals surface area contributed by atoms with Gasteiger partial charge in [0.1, 0.15) is 6.54 Å². The summed E-state index contributed by atoms with van der Waals surface area (Å²) in [5.41, 5.74) is 1.21. The number of methoxy groups -OCH3 is 1. The van der Waals surface area contributed by atoms with Gasteiger partial charge >= 0.3 is 0 Å². The van der Waals surface area contributed by atoms with Crippen LogP contribution in [0, 0.1) is 0 Å². The van der Waals surface area contributed by atoms with Gasteiger partial charge in [-0.2, -0.15) is 0 Å². The second kappa shape index (κ2) is 5.93. The van der Waals surface area contributed by atoms with Crippen LogP contribution >= 0.6 is 15.9 Å². The number of piperidine rings is 1. The predicted molar refractivity (Wildman–Crippen MR) is 75.2 cm³/mol. The average Bonchev–Trinajstić information content (AvgIpc) is 2.36. The fraction of sp³-hybridized carbons (Fsp3) is 0.571. The molecule has 100 valence electrons. The minimum atomic E-state index is 0.183. The van der Waals surface area contributed by atoms with Crippen molar-refractivity contribution in [2.75, 3.05) is 13.7 Å². The largest absolute Gasteiger partial charge is 0.503 e. The monoisotopic (exact) mass is 314 g/mol. The van der Waals surface area contributed by atoms with Crippen LogP contribution in [0.3, 0.4) is 0 Å². The van der Waals surface area contributed by atoms with Gasteiger partial charge in [0.15, 0.2) is 11.5 Å². The minimum Gasteiger partial charge on any atom is -0.503 e. The number of hydrogen-bond acceptors (Lipinski definition) is 2. The molecular weight excluding hydrogens is 294 g/mol. The first kappa shape index (κ1) is 13.7. The second-order valence-electron chi connectivity index (χ2n) is 5.11. The molecule has 1 aromatic rings. The highest BCUT2D eigenvalue weighted by atomic mass is 79.9. The van der Waals surface area contributed by atoms with Gasteiger partial charge in [0.25, 0.3) is 0 Å². The summed E-state index contributed by atoms with van der Waals surface area (Å²) in [6, 6.07) is 4.65. The Morgan fingerprint density at radius 1 is 1.44 bits per heavy atom. The zero-order valence-electron chi connectivity index (χ0n) is 11.0. The summed E-state index contributed by atoms with van der Waals surface area (Å²) in [6.45, 7) is 4.56. The van der Waals surface area contributed by atoms with Crippen molar-refractivity contribution in [3.63, 3.8) is 0 Å². The molecule has 1 aliphatic heterocycles. The van der Waals surface area contributed by atoms with Crippen molar-refractivity contribution in [1.82, 2.24) is 0 Å².